The summed E-state index contributed by atoms with van der Waals surface area (Å²) in [5.74, 6) is 0.603. The van der Waals surface area contributed by atoms with E-state index in [-0.39, 0.29) is 5.28 Å². The first-order chi connectivity index (χ1) is 10.1. The van der Waals surface area contributed by atoms with E-state index in [1.807, 2.05) is 6.92 Å². The van der Waals surface area contributed by atoms with Crippen LogP contribution in [0.1, 0.15) is 6.92 Å². The Labute approximate surface area is 130 Å². The molecule has 0 saturated carbocycles. The molecule has 0 unspecified atom stereocenters. The monoisotopic (exact) mass is 314 g/mol. The topological polar surface area (TPSA) is 57.6 Å². The summed E-state index contributed by atoms with van der Waals surface area (Å²) in [6.07, 6.45) is 0. The standard InChI is InChI=1S/C13H23ClN6O/c1-4-21-13-16-11(14)15-12(17-13)20-9-7-19(8-10-20)6-5-18(2)3/h4-10H2,1-3H3. The zero-order valence-electron chi connectivity index (χ0n) is 12.9. The summed E-state index contributed by atoms with van der Waals surface area (Å²) in [4.78, 5) is 19.3. The molecule has 7 nitrogen and oxygen atoms in total. The van der Waals surface area contributed by atoms with E-state index in [1.54, 1.807) is 0 Å². The molecule has 21 heavy (non-hydrogen) atoms. The number of likely N-dealkylation sites (N-methyl/N-ethyl adjacent to an activating group) is 1. The number of anilines is 1. The third-order valence-electron chi connectivity index (χ3n) is 3.37. The molecule has 1 fully saturated rings. The molecule has 1 aromatic heterocycles. The van der Waals surface area contributed by atoms with Gasteiger partial charge in [-0.15, -0.1) is 0 Å². The molecule has 118 valence electrons. The summed E-state index contributed by atoms with van der Waals surface area (Å²) in [6, 6.07) is 0.294. The zero-order chi connectivity index (χ0) is 15.2. The predicted molar refractivity (Wildman–Crippen MR) is 83.2 cm³/mol. The lowest BCUT2D eigenvalue weighted by molar-refractivity contribution is 0.228. The number of aromatic nitrogens is 3. The number of piperazine rings is 1. The van der Waals surface area contributed by atoms with Crippen molar-refractivity contribution in [1.29, 1.82) is 0 Å². The molecule has 0 spiro atoms. The van der Waals surface area contributed by atoms with E-state index in [2.05, 4.69) is 43.7 Å². The first-order valence-electron chi connectivity index (χ1n) is 7.25. The van der Waals surface area contributed by atoms with E-state index in [0.717, 1.165) is 39.3 Å². The predicted octanol–water partition coefficient (Wildman–Crippen LogP) is 0.607. The summed E-state index contributed by atoms with van der Waals surface area (Å²) in [5, 5.41) is 0.179. The Bertz CT molecular complexity index is 450. The van der Waals surface area contributed by atoms with Crippen LogP contribution in [0, 0.1) is 0 Å². The summed E-state index contributed by atoms with van der Waals surface area (Å²) in [6.45, 7) is 8.34. The van der Waals surface area contributed by atoms with Crippen LogP contribution in [-0.4, -0.2) is 84.7 Å². The molecule has 0 amide bonds. The van der Waals surface area contributed by atoms with Gasteiger partial charge in [-0.25, -0.2) is 0 Å². The van der Waals surface area contributed by atoms with Crippen LogP contribution in [0.15, 0.2) is 0 Å². The van der Waals surface area contributed by atoms with Gasteiger partial charge in [0.2, 0.25) is 11.2 Å². The van der Waals surface area contributed by atoms with Gasteiger partial charge >= 0.3 is 6.01 Å². The van der Waals surface area contributed by atoms with Crippen LogP contribution in [0.3, 0.4) is 0 Å². The largest absolute Gasteiger partial charge is 0.464 e. The molecule has 0 bridgehead atoms. The van der Waals surface area contributed by atoms with Gasteiger partial charge in [-0.1, -0.05) is 0 Å². The Balaban J connectivity index is 1.92. The molecule has 0 aliphatic carbocycles. The third kappa shape index (κ3) is 4.94. The number of hydrogen-bond donors (Lipinski definition) is 0. The molecule has 8 heteroatoms. The van der Waals surface area contributed by atoms with Crippen molar-refractivity contribution in [2.24, 2.45) is 0 Å². The first kappa shape index (κ1) is 16.2. The van der Waals surface area contributed by atoms with E-state index in [0.29, 0.717) is 18.6 Å². The van der Waals surface area contributed by atoms with Gasteiger partial charge in [0, 0.05) is 39.3 Å². The van der Waals surface area contributed by atoms with Gasteiger partial charge in [0.1, 0.15) is 0 Å². The van der Waals surface area contributed by atoms with E-state index >= 15 is 0 Å². The minimum absolute atomic E-state index is 0.179. The van der Waals surface area contributed by atoms with Crippen molar-refractivity contribution in [3.05, 3.63) is 5.28 Å². The van der Waals surface area contributed by atoms with Gasteiger partial charge in [-0.3, -0.25) is 4.90 Å². The van der Waals surface area contributed by atoms with E-state index in [1.165, 1.54) is 0 Å². The van der Waals surface area contributed by atoms with Gasteiger partial charge in [0.25, 0.3) is 0 Å². The van der Waals surface area contributed by atoms with Crippen LogP contribution in [0.5, 0.6) is 6.01 Å². The average molecular weight is 315 g/mol. The number of rotatable bonds is 6. The fourth-order valence-electron chi connectivity index (χ4n) is 2.17. The average Bonchev–Trinajstić information content (AvgIpc) is 2.45. The summed E-state index contributed by atoms with van der Waals surface area (Å²) >= 11 is 5.93. The smallest absolute Gasteiger partial charge is 0.322 e. The highest BCUT2D eigenvalue weighted by atomic mass is 35.5. The molecular weight excluding hydrogens is 292 g/mol. The molecule has 1 aliphatic heterocycles. The number of hydrogen-bond acceptors (Lipinski definition) is 7. The van der Waals surface area contributed by atoms with Crippen LogP contribution in [0.2, 0.25) is 5.28 Å². The second-order valence-electron chi connectivity index (χ2n) is 5.25. The molecule has 2 heterocycles. The van der Waals surface area contributed by atoms with E-state index in [9.17, 15) is 0 Å². The summed E-state index contributed by atoms with van der Waals surface area (Å²) in [7, 11) is 4.19. The maximum absolute atomic E-state index is 5.93. The zero-order valence-corrected chi connectivity index (χ0v) is 13.7. The molecule has 0 N–H and O–H groups in total. The Morgan fingerprint density at radius 3 is 2.48 bits per heavy atom. The summed E-state index contributed by atoms with van der Waals surface area (Å²) < 4.78 is 5.31. The highest BCUT2D eigenvalue weighted by Crippen LogP contribution is 2.16. The third-order valence-corrected chi connectivity index (χ3v) is 3.54. The maximum atomic E-state index is 5.93. The molecule has 1 aliphatic rings. The van der Waals surface area contributed by atoms with Crippen molar-refractivity contribution in [3.63, 3.8) is 0 Å². The van der Waals surface area contributed by atoms with Crippen LogP contribution in [0.25, 0.3) is 0 Å². The van der Waals surface area contributed by atoms with Gasteiger partial charge < -0.3 is 14.5 Å². The Kier molecular flexibility index (Phi) is 5.96. The second-order valence-corrected chi connectivity index (χ2v) is 5.59. The molecule has 1 aromatic rings. The van der Waals surface area contributed by atoms with Crippen LogP contribution >= 0.6 is 11.6 Å². The minimum Gasteiger partial charge on any atom is -0.464 e. The fourth-order valence-corrected chi connectivity index (χ4v) is 2.32. The van der Waals surface area contributed by atoms with Gasteiger partial charge in [-0.2, -0.15) is 15.0 Å². The van der Waals surface area contributed by atoms with Crippen molar-refractivity contribution in [2.45, 2.75) is 6.92 Å². The van der Waals surface area contributed by atoms with Crippen molar-refractivity contribution in [2.75, 3.05) is 64.9 Å². The Morgan fingerprint density at radius 1 is 1.14 bits per heavy atom. The highest BCUT2D eigenvalue weighted by Gasteiger charge is 2.20. The Hall–Kier alpha value is -1.18. The van der Waals surface area contributed by atoms with Gasteiger partial charge in [0.05, 0.1) is 6.61 Å². The van der Waals surface area contributed by atoms with Crippen molar-refractivity contribution < 1.29 is 4.74 Å². The lowest BCUT2D eigenvalue weighted by Crippen LogP contribution is -2.48. The van der Waals surface area contributed by atoms with Crippen molar-refractivity contribution in [1.82, 2.24) is 24.8 Å². The number of halogens is 1. The first-order valence-corrected chi connectivity index (χ1v) is 7.62. The quantitative estimate of drug-likeness (QED) is 0.762. The molecule has 0 aromatic carbocycles. The highest BCUT2D eigenvalue weighted by molar-refractivity contribution is 6.28. The fraction of sp³-hybridized carbons (Fsp3) is 0.769. The van der Waals surface area contributed by atoms with Crippen molar-refractivity contribution >= 4 is 17.5 Å². The lowest BCUT2D eigenvalue weighted by Gasteiger charge is -2.35. The SMILES string of the molecule is CCOc1nc(Cl)nc(N2CCN(CCN(C)C)CC2)n1. The van der Waals surface area contributed by atoms with E-state index in [4.69, 9.17) is 16.3 Å². The lowest BCUT2D eigenvalue weighted by atomic mass is 10.3. The summed E-state index contributed by atoms with van der Waals surface area (Å²) in [5.41, 5.74) is 0. The maximum Gasteiger partial charge on any atom is 0.322 e. The Morgan fingerprint density at radius 2 is 1.86 bits per heavy atom. The molecule has 0 atom stereocenters. The van der Waals surface area contributed by atoms with Crippen LogP contribution in [-0.2, 0) is 0 Å². The molecule has 0 radical (unpaired) electrons. The number of ether oxygens (including phenoxy) is 1. The molecule has 2 rings (SSSR count). The molecule has 1 saturated heterocycles. The van der Waals surface area contributed by atoms with E-state index < -0.39 is 0 Å². The van der Waals surface area contributed by atoms with Crippen molar-refractivity contribution in [3.8, 4) is 6.01 Å². The minimum atomic E-state index is 0.179. The normalized spacial score (nSPS) is 16.5. The van der Waals surface area contributed by atoms with Gasteiger partial charge in [-0.05, 0) is 32.6 Å². The van der Waals surface area contributed by atoms with Crippen LogP contribution < -0.4 is 9.64 Å². The number of nitrogens with zero attached hydrogens (tertiary/aromatic N) is 6. The van der Waals surface area contributed by atoms with Gasteiger partial charge in [0.15, 0.2) is 0 Å². The molecular formula is C13H23ClN6O. The second kappa shape index (κ2) is 7.72. The van der Waals surface area contributed by atoms with Crippen LogP contribution in [0.4, 0.5) is 5.95 Å².